The van der Waals surface area contributed by atoms with E-state index in [0.29, 0.717) is 5.69 Å². The highest BCUT2D eigenvalue weighted by Crippen LogP contribution is 2.17. The van der Waals surface area contributed by atoms with E-state index in [1.54, 1.807) is 6.07 Å². The van der Waals surface area contributed by atoms with Crippen LogP contribution in [0.4, 0.5) is 5.69 Å². The number of imide groups is 1. The van der Waals surface area contributed by atoms with E-state index >= 15 is 0 Å². The van der Waals surface area contributed by atoms with Crippen molar-refractivity contribution in [3.8, 4) is 0 Å². The molecule has 7 nitrogen and oxygen atoms in total. The molecule has 1 unspecified atom stereocenters. The minimum atomic E-state index is -1.15. The monoisotopic (exact) mass is 249 g/mol. The number of nitrogens with zero attached hydrogens (tertiary/aromatic N) is 2. The summed E-state index contributed by atoms with van der Waals surface area (Å²) in [7, 11) is 1.42. The Hall–Kier alpha value is -2.44. The van der Waals surface area contributed by atoms with Crippen LogP contribution in [0.5, 0.6) is 0 Å². The predicted molar refractivity (Wildman–Crippen MR) is 61.0 cm³/mol. The lowest BCUT2D eigenvalue weighted by atomic mass is 10.2. The number of pyridine rings is 1. The van der Waals surface area contributed by atoms with Crippen LogP contribution >= 0.6 is 0 Å². The molecule has 1 saturated heterocycles. The second kappa shape index (κ2) is 4.44. The Balaban J connectivity index is 2.15. The van der Waals surface area contributed by atoms with E-state index in [0.717, 1.165) is 4.90 Å². The van der Waals surface area contributed by atoms with Gasteiger partial charge < -0.3 is 10.4 Å². The average Bonchev–Trinajstić information content (AvgIpc) is 2.57. The fraction of sp³-hybridized carbons (Fsp3) is 0.273. The van der Waals surface area contributed by atoms with Crippen LogP contribution in [0, 0.1) is 0 Å². The molecule has 2 N–H and O–H groups in total. The molecule has 1 fully saturated rings. The molecule has 94 valence electrons. The van der Waals surface area contributed by atoms with Crippen molar-refractivity contribution in [1.29, 1.82) is 0 Å². The predicted octanol–water partition coefficient (Wildman–Crippen LogP) is -0.0510. The van der Waals surface area contributed by atoms with Gasteiger partial charge in [-0.15, -0.1) is 0 Å². The second-order valence-electron chi connectivity index (χ2n) is 3.93. The molecule has 0 bridgehead atoms. The molecule has 0 aromatic carbocycles. The molecule has 0 saturated carbocycles. The van der Waals surface area contributed by atoms with Crippen molar-refractivity contribution in [3.05, 3.63) is 24.0 Å². The number of aromatic carboxylic acids is 1. The summed E-state index contributed by atoms with van der Waals surface area (Å²) in [6, 6.07) is 2.22. The number of carbonyl (C=O) groups is 3. The summed E-state index contributed by atoms with van der Waals surface area (Å²) in [5.41, 5.74) is 0.328. The molecule has 1 atom stereocenters. The number of aromatic nitrogens is 1. The van der Waals surface area contributed by atoms with Gasteiger partial charge in [-0.1, -0.05) is 0 Å². The molecule has 1 aromatic heterocycles. The number of carboxylic acids is 1. The quantitative estimate of drug-likeness (QED) is 0.728. The highest BCUT2D eigenvalue weighted by atomic mass is 16.4. The van der Waals surface area contributed by atoms with Crippen molar-refractivity contribution in [2.24, 2.45) is 0 Å². The number of nitrogens with one attached hydrogen (secondary N) is 1. The van der Waals surface area contributed by atoms with Gasteiger partial charge in [-0.05, 0) is 12.1 Å². The SMILES string of the molecule is CN1C(=O)CC(Nc2ccnc(C(=O)O)c2)C1=O. The summed E-state index contributed by atoms with van der Waals surface area (Å²) < 4.78 is 0. The van der Waals surface area contributed by atoms with Crippen LogP contribution in [0.3, 0.4) is 0 Å². The van der Waals surface area contributed by atoms with Crippen LogP contribution < -0.4 is 5.32 Å². The lowest BCUT2D eigenvalue weighted by Crippen LogP contribution is -2.31. The molecule has 0 radical (unpaired) electrons. The van der Waals surface area contributed by atoms with E-state index in [-0.39, 0.29) is 23.9 Å². The highest BCUT2D eigenvalue weighted by molar-refractivity contribution is 6.06. The fourth-order valence-electron chi connectivity index (χ4n) is 1.71. The van der Waals surface area contributed by atoms with Gasteiger partial charge in [0.15, 0.2) is 0 Å². The van der Waals surface area contributed by atoms with Crippen LogP contribution in [0.2, 0.25) is 0 Å². The number of carboxylic acid groups (broad SMARTS) is 1. The number of anilines is 1. The third kappa shape index (κ3) is 2.15. The number of amides is 2. The maximum atomic E-state index is 11.6. The van der Waals surface area contributed by atoms with Gasteiger partial charge >= 0.3 is 5.97 Å². The first-order valence-corrected chi connectivity index (χ1v) is 5.25. The van der Waals surface area contributed by atoms with E-state index in [1.165, 1.54) is 19.3 Å². The van der Waals surface area contributed by atoms with E-state index in [2.05, 4.69) is 10.3 Å². The molecule has 1 aliphatic rings. The standard InChI is InChI=1S/C11H11N3O4/c1-14-9(15)5-7(10(14)16)13-6-2-3-12-8(4-6)11(17)18/h2-4,7H,5H2,1H3,(H,12,13)(H,17,18). The first-order valence-electron chi connectivity index (χ1n) is 5.25. The molecule has 1 aromatic rings. The minimum Gasteiger partial charge on any atom is -0.477 e. The highest BCUT2D eigenvalue weighted by Gasteiger charge is 2.35. The third-order valence-electron chi connectivity index (χ3n) is 2.70. The van der Waals surface area contributed by atoms with Crippen LogP contribution in [0.1, 0.15) is 16.9 Å². The van der Waals surface area contributed by atoms with Gasteiger partial charge in [0.25, 0.3) is 5.91 Å². The molecule has 18 heavy (non-hydrogen) atoms. The smallest absolute Gasteiger partial charge is 0.354 e. The van der Waals surface area contributed by atoms with Crippen LogP contribution in [0.15, 0.2) is 18.3 Å². The van der Waals surface area contributed by atoms with Gasteiger partial charge in [0, 0.05) is 18.9 Å². The zero-order chi connectivity index (χ0) is 13.3. The summed E-state index contributed by atoms with van der Waals surface area (Å²) in [6.45, 7) is 0. The van der Waals surface area contributed by atoms with E-state index in [4.69, 9.17) is 5.11 Å². The maximum absolute atomic E-state index is 11.6. The van der Waals surface area contributed by atoms with Gasteiger partial charge in [0.2, 0.25) is 5.91 Å². The first-order chi connectivity index (χ1) is 8.49. The minimum absolute atomic E-state index is 0.0695. The van der Waals surface area contributed by atoms with Gasteiger partial charge in [0.05, 0.1) is 6.42 Å². The Morgan fingerprint density at radius 2 is 2.28 bits per heavy atom. The largest absolute Gasteiger partial charge is 0.477 e. The summed E-state index contributed by atoms with van der Waals surface area (Å²) in [5.74, 6) is -1.73. The van der Waals surface area contributed by atoms with Gasteiger partial charge in [-0.25, -0.2) is 9.78 Å². The topological polar surface area (TPSA) is 99.6 Å². The zero-order valence-electron chi connectivity index (χ0n) is 9.58. The Morgan fingerprint density at radius 1 is 1.56 bits per heavy atom. The van der Waals surface area contributed by atoms with Crippen molar-refractivity contribution < 1.29 is 19.5 Å². The Labute approximate surface area is 102 Å². The normalized spacial score (nSPS) is 19.2. The van der Waals surface area contributed by atoms with Gasteiger partial charge in [-0.2, -0.15) is 0 Å². The van der Waals surface area contributed by atoms with Crippen molar-refractivity contribution in [2.75, 3.05) is 12.4 Å². The molecular weight excluding hydrogens is 238 g/mol. The summed E-state index contributed by atoms with van der Waals surface area (Å²) in [5, 5.41) is 11.6. The van der Waals surface area contributed by atoms with E-state index < -0.39 is 12.0 Å². The molecule has 0 aliphatic carbocycles. The lowest BCUT2D eigenvalue weighted by Gasteiger charge is -2.12. The molecule has 2 heterocycles. The Morgan fingerprint density at radius 3 is 2.83 bits per heavy atom. The Kier molecular flexibility index (Phi) is 2.97. The molecule has 7 heteroatoms. The van der Waals surface area contributed by atoms with Crippen molar-refractivity contribution in [1.82, 2.24) is 9.88 Å². The summed E-state index contributed by atoms with van der Waals surface area (Å²) >= 11 is 0. The van der Waals surface area contributed by atoms with Crippen molar-refractivity contribution >= 4 is 23.5 Å². The van der Waals surface area contributed by atoms with Crippen molar-refractivity contribution in [2.45, 2.75) is 12.5 Å². The number of rotatable bonds is 3. The zero-order valence-corrected chi connectivity index (χ0v) is 9.58. The van der Waals surface area contributed by atoms with Gasteiger partial charge in [0.1, 0.15) is 11.7 Å². The fourth-order valence-corrected chi connectivity index (χ4v) is 1.71. The van der Waals surface area contributed by atoms with E-state index in [1.807, 2.05) is 0 Å². The second-order valence-corrected chi connectivity index (χ2v) is 3.93. The van der Waals surface area contributed by atoms with Crippen LogP contribution in [0.25, 0.3) is 0 Å². The number of hydrogen-bond acceptors (Lipinski definition) is 5. The van der Waals surface area contributed by atoms with Crippen LogP contribution in [-0.4, -0.2) is 45.9 Å². The number of hydrogen-bond donors (Lipinski definition) is 2. The number of likely N-dealkylation sites (N-methyl/N-ethyl adjacent to an activating group) is 1. The van der Waals surface area contributed by atoms with E-state index in [9.17, 15) is 14.4 Å². The molecule has 0 spiro atoms. The number of carbonyl (C=O) groups excluding carboxylic acids is 2. The molecule has 2 amide bonds. The molecule has 1 aliphatic heterocycles. The third-order valence-corrected chi connectivity index (χ3v) is 2.70. The average molecular weight is 249 g/mol. The summed E-state index contributed by atoms with van der Waals surface area (Å²) in [4.78, 5) is 38.4. The molecule has 2 rings (SSSR count). The maximum Gasteiger partial charge on any atom is 0.354 e. The Bertz CT molecular complexity index is 529. The lowest BCUT2D eigenvalue weighted by molar-refractivity contribution is -0.136. The first kappa shape index (κ1) is 12.0. The summed E-state index contributed by atoms with van der Waals surface area (Å²) in [6.07, 6.45) is 1.40. The molecular formula is C11H11N3O4. The van der Waals surface area contributed by atoms with Crippen molar-refractivity contribution in [3.63, 3.8) is 0 Å². The van der Waals surface area contributed by atoms with Crippen LogP contribution in [-0.2, 0) is 9.59 Å². The number of likely N-dealkylation sites (tertiary alicyclic amines) is 1. The van der Waals surface area contributed by atoms with Gasteiger partial charge in [-0.3, -0.25) is 14.5 Å².